The Labute approximate surface area is 97.5 Å². The number of rotatable bonds is 8. The minimum absolute atomic E-state index is 0.179. The van der Waals surface area contributed by atoms with Crippen LogP contribution in [0.2, 0.25) is 0 Å². The lowest BCUT2D eigenvalue weighted by molar-refractivity contribution is -0.154. The van der Waals surface area contributed by atoms with Crippen molar-refractivity contribution in [1.29, 1.82) is 0 Å². The fourth-order valence-electron chi connectivity index (χ4n) is 2.06. The van der Waals surface area contributed by atoms with Gasteiger partial charge in [-0.3, -0.25) is 4.79 Å². The molecule has 0 amide bonds. The van der Waals surface area contributed by atoms with Crippen molar-refractivity contribution < 1.29 is 14.3 Å². The standard InChI is InChI=1S/C12H23NO3/c1-3-16-7-6-12(9-13,11(14)15-2)8-10-4-5-10/h10H,3-9,13H2,1-2H3. The first-order chi connectivity index (χ1) is 7.68. The van der Waals surface area contributed by atoms with Crippen LogP contribution in [-0.4, -0.2) is 32.8 Å². The maximum Gasteiger partial charge on any atom is 0.313 e. The zero-order valence-electron chi connectivity index (χ0n) is 10.3. The summed E-state index contributed by atoms with van der Waals surface area (Å²) in [6.45, 7) is 3.55. The SMILES string of the molecule is CCOCCC(CN)(CC1CC1)C(=O)OC. The first kappa shape index (κ1) is 13.5. The van der Waals surface area contributed by atoms with Crippen LogP contribution in [0.4, 0.5) is 0 Å². The Morgan fingerprint density at radius 1 is 1.50 bits per heavy atom. The van der Waals surface area contributed by atoms with Gasteiger partial charge in [-0.05, 0) is 25.7 Å². The summed E-state index contributed by atoms with van der Waals surface area (Å²) >= 11 is 0. The summed E-state index contributed by atoms with van der Waals surface area (Å²) < 4.78 is 10.2. The summed E-state index contributed by atoms with van der Waals surface area (Å²) in [7, 11) is 1.43. The Morgan fingerprint density at radius 2 is 2.19 bits per heavy atom. The Morgan fingerprint density at radius 3 is 2.62 bits per heavy atom. The Hall–Kier alpha value is -0.610. The molecule has 0 saturated heterocycles. The fourth-order valence-corrected chi connectivity index (χ4v) is 2.06. The van der Waals surface area contributed by atoms with Crippen molar-refractivity contribution in [2.45, 2.75) is 32.6 Å². The van der Waals surface area contributed by atoms with Gasteiger partial charge in [0.1, 0.15) is 0 Å². The Kier molecular flexibility index (Phi) is 5.22. The summed E-state index contributed by atoms with van der Waals surface area (Å²) in [4.78, 5) is 11.9. The summed E-state index contributed by atoms with van der Waals surface area (Å²) in [5.74, 6) is 0.478. The van der Waals surface area contributed by atoms with Gasteiger partial charge in [-0.15, -0.1) is 0 Å². The summed E-state index contributed by atoms with van der Waals surface area (Å²) in [5.41, 5.74) is 5.26. The van der Waals surface area contributed by atoms with Crippen LogP contribution >= 0.6 is 0 Å². The highest BCUT2D eigenvalue weighted by Crippen LogP contribution is 2.42. The third-order valence-electron chi connectivity index (χ3n) is 3.31. The van der Waals surface area contributed by atoms with Crippen molar-refractivity contribution in [3.63, 3.8) is 0 Å². The molecule has 1 saturated carbocycles. The largest absolute Gasteiger partial charge is 0.469 e. The maximum atomic E-state index is 11.9. The quantitative estimate of drug-likeness (QED) is 0.504. The van der Waals surface area contributed by atoms with Gasteiger partial charge < -0.3 is 15.2 Å². The molecule has 1 aliphatic rings. The van der Waals surface area contributed by atoms with E-state index >= 15 is 0 Å². The second-order valence-electron chi connectivity index (χ2n) is 4.57. The van der Waals surface area contributed by atoms with Crippen molar-refractivity contribution in [1.82, 2.24) is 0 Å². The zero-order chi connectivity index (χ0) is 12.0. The molecule has 0 aromatic rings. The molecule has 0 radical (unpaired) electrons. The minimum Gasteiger partial charge on any atom is -0.469 e. The van der Waals surface area contributed by atoms with E-state index in [2.05, 4.69) is 0 Å². The van der Waals surface area contributed by atoms with Crippen LogP contribution in [-0.2, 0) is 14.3 Å². The second-order valence-corrected chi connectivity index (χ2v) is 4.57. The number of hydrogen-bond acceptors (Lipinski definition) is 4. The van der Waals surface area contributed by atoms with E-state index in [1.165, 1.54) is 20.0 Å². The van der Waals surface area contributed by atoms with Crippen LogP contribution < -0.4 is 5.73 Å². The van der Waals surface area contributed by atoms with Crippen LogP contribution in [0.15, 0.2) is 0 Å². The third kappa shape index (κ3) is 3.46. The summed E-state index contributed by atoms with van der Waals surface area (Å²) in [5, 5.41) is 0. The van der Waals surface area contributed by atoms with E-state index in [-0.39, 0.29) is 5.97 Å². The van der Waals surface area contributed by atoms with E-state index in [1.807, 2.05) is 6.92 Å². The average Bonchev–Trinajstić information content (AvgIpc) is 3.10. The van der Waals surface area contributed by atoms with Gasteiger partial charge in [0.05, 0.1) is 12.5 Å². The molecule has 1 aliphatic carbocycles. The maximum absolute atomic E-state index is 11.9. The molecule has 94 valence electrons. The molecule has 0 aromatic heterocycles. The molecular weight excluding hydrogens is 206 g/mol. The average molecular weight is 229 g/mol. The number of hydrogen-bond donors (Lipinski definition) is 1. The Balaban J connectivity index is 2.58. The molecule has 1 atom stereocenters. The second kappa shape index (κ2) is 6.21. The van der Waals surface area contributed by atoms with Crippen LogP contribution in [0.25, 0.3) is 0 Å². The number of esters is 1. The number of methoxy groups -OCH3 is 1. The lowest BCUT2D eigenvalue weighted by Crippen LogP contribution is -2.41. The number of carbonyl (C=O) groups excluding carboxylic acids is 1. The predicted octanol–water partition coefficient (Wildman–Crippen LogP) is 1.33. The molecule has 16 heavy (non-hydrogen) atoms. The van der Waals surface area contributed by atoms with E-state index in [0.717, 1.165) is 6.42 Å². The van der Waals surface area contributed by atoms with Crippen molar-refractivity contribution in [2.24, 2.45) is 17.1 Å². The normalized spacial score (nSPS) is 19.2. The van der Waals surface area contributed by atoms with Gasteiger partial charge in [0.2, 0.25) is 0 Å². The van der Waals surface area contributed by atoms with Crippen LogP contribution in [0.1, 0.15) is 32.6 Å². The highest BCUT2D eigenvalue weighted by atomic mass is 16.5. The van der Waals surface area contributed by atoms with E-state index in [1.54, 1.807) is 0 Å². The van der Waals surface area contributed by atoms with Gasteiger partial charge in [0, 0.05) is 19.8 Å². The lowest BCUT2D eigenvalue weighted by Gasteiger charge is -2.29. The van der Waals surface area contributed by atoms with Crippen molar-refractivity contribution in [2.75, 3.05) is 26.9 Å². The molecule has 4 heteroatoms. The summed E-state index contributed by atoms with van der Waals surface area (Å²) in [6, 6.07) is 0. The highest BCUT2D eigenvalue weighted by molar-refractivity contribution is 5.77. The molecular formula is C12H23NO3. The minimum atomic E-state index is -0.523. The van der Waals surface area contributed by atoms with Crippen molar-refractivity contribution >= 4 is 5.97 Å². The van der Waals surface area contributed by atoms with Crippen LogP contribution in [0.5, 0.6) is 0 Å². The van der Waals surface area contributed by atoms with Crippen molar-refractivity contribution in [3.05, 3.63) is 0 Å². The first-order valence-corrected chi connectivity index (χ1v) is 6.04. The van der Waals surface area contributed by atoms with E-state index < -0.39 is 5.41 Å². The monoisotopic (exact) mass is 229 g/mol. The van der Waals surface area contributed by atoms with Gasteiger partial charge in [-0.1, -0.05) is 12.8 Å². The molecule has 0 spiro atoms. The third-order valence-corrected chi connectivity index (χ3v) is 3.31. The fraction of sp³-hybridized carbons (Fsp3) is 0.917. The van der Waals surface area contributed by atoms with Gasteiger partial charge >= 0.3 is 5.97 Å². The van der Waals surface area contributed by atoms with E-state index in [4.69, 9.17) is 15.2 Å². The molecule has 2 N–H and O–H groups in total. The van der Waals surface area contributed by atoms with Crippen LogP contribution in [0.3, 0.4) is 0 Å². The van der Waals surface area contributed by atoms with Gasteiger partial charge in [0.15, 0.2) is 0 Å². The molecule has 0 aromatic carbocycles. The summed E-state index contributed by atoms with van der Waals surface area (Å²) in [6.07, 6.45) is 3.95. The number of nitrogens with two attached hydrogens (primary N) is 1. The van der Waals surface area contributed by atoms with Gasteiger partial charge in [-0.25, -0.2) is 0 Å². The molecule has 1 fully saturated rings. The number of ether oxygens (including phenoxy) is 2. The Bertz CT molecular complexity index is 228. The molecule has 4 nitrogen and oxygen atoms in total. The molecule has 1 rings (SSSR count). The molecule has 1 unspecified atom stereocenters. The van der Waals surface area contributed by atoms with E-state index in [0.29, 0.717) is 32.1 Å². The van der Waals surface area contributed by atoms with Crippen molar-refractivity contribution in [3.8, 4) is 0 Å². The highest BCUT2D eigenvalue weighted by Gasteiger charge is 2.42. The molecule has 0 heterocycles. The molecule has 0 bridgehead atoms. The smallest absolute Gasteiger partial charge is 0.313 e. The van der Waals surface area contributed by atoms with Gasteiger partial charge in [0.25, 0.3) is 0 Å². The van der Waals surface area contributed by atoms with Crippen LogP contribution in [0, 0.1) is 11.3 Å². The lowest BCUT2D eigenvalue weighted by atomic mass is 9.79. The topological polar surface area (TPSA) is 61.5 Å². The number of carbonyl (C=O) groups is 1. The zero-order valence-corrected chi connectivity index (χ0v) is 10.3. The van der Waals surface area contributed by atoms with Gasteiger partial charge in [-0.2, -0.15) is 0 Å². The molecule has 0 aliphatic heterocycles. The van der Waals surface area contributed by atoms with E-state index in [9.17, 15) is 4.79 Å². The first-order valence-electron chi connectivity index (χ1n) is 6.04. The predicted molar refractivity (Wildman–Crippen MR) is 62.0 cm³/mol.